The van der Waals surface area contributed by atoms with Gasteiger partial charge in [-0.15, -0.1) is 0 Å². The van der Waals surface area contributed by atoms with Crippen molar-refractivity contribution in [3.63, 3.8) is 0 Å². The zero-order valence-corrected chi connectivity index (χ0v) is 19.9. The van der Waals surface area contributed by atoms with Gasteiger partial charge >= 0.3 is 0 Å². The molecule has 0 aliphatic carbocycles. The quantitative estimate of drug-likeness (QED) is 0.486. The highest BCUT2D eigenvalue weighted by Crippen LogP contribution is 2.19. The highest BCUT2D eigenvalue weighted by atomic mass is 16.5. The minimum absolute atomic E-state index is 0.0629. The van der Waals surface area contributed by atoms with Crippen molar-refractivity contribution in [2.45, 2.75) is 76.7 Å². The lowest BCUT2D eigenvalue weighted by Crippen LogP contribution is -2.54. The van der Waals surface area contributed by atoms with Crippen molar-refractivity contribution in [1.29, 1.82) is 0 Å². The van der Waals surface area contributed by atoms with Crippen LogP contribution in [0.1, 0.15) is 64.5 Å². The molecule has 0 saturated carbocycles. The molecule has 1 aromatic carbocycles. The third-order valence-corrected chi connectivity index (χ3v) is 6.34. The Morgan fingerprint density at radius 3 is 2.58 bits per heavy atom. The summed E-state index contributed by atoms with van der Waals surface area (Å²) in [5, 5.41) is 7.33. The molecule has 2 aliphatic heterocycles. The van der Waals surface area contributed by atoms with E-state index in [9.17, 15) is 0 Å². The lowest BCUT2D eigenvalue weighted by Gasteiger charge is -2.37. The number of hydrogen-bond donors (Lipinski definition) is 2. The number of ether oxygens (including phenoxy) is 2. The lowest BCUT2D eigenvalue weighted by molar-refractivity contribution is -0.0721. The normalized spacial score (nSPS) is 22.4. The first kappa shape index (κ1) is 24.0. The van der Waals surface area contributed by atoms with Crippen molar-refractivity contribution < 1.29 is 9.47 Å². The van der Waals surface area contributed by atoms with Crippen LogP contribution in [0.4, 0.5) is 0 Å². The molecule has 31 heavy (non-hydrogen) atoms. The first-order valence-corrected chi connectivity index (χ1v) is 12.0. The fourth-order valence-corrected chi connectivity index (χ4v) is 4.51. The van der Waals surface area contributed by atoms with E-state index >= 15 is 0 Å². The van der Waals surface area contributed by atoms with E-state index < -0.39 is 0 Å². The smallest absolute Gasteiger partial charge is 0.193 e. The Labute approximate surface area is 188 Å². The summed E-state index contributed by atoms with van der Waals surface area (Å²) in [7, 11) is 1.87. The second kappa shape index (κ2) is 11.8. The molecule has 0 amide bonds. The van der Waals surface area contributed by atoms with E-state index in [0.29, 0.717) is 18.2 Å². The number of piperidine rings is 1. The van der Waals surface area contributed by atoms with Gasteiger partial charge in [-0.2, -0.15) is 0 Å². The number of aliphatic imine (C=N–C) groups is 1. The lowest BCUT2D eigenvalue weighted by atomic mass is 10.0. The van der Waals surface area contributed by atoms with Crippen molar-refractivity contribution in [2.24, 2.45) is 4.99 Å². The number of nitrogens with one attached hydrogen (secondary N) is 2. The molecular weight excluding hydrogens is 388 g/mol. The Bertz CT molecular complexity index is 665. The second-order valence-corrected chi connectivity index (χ2v) is 9.57. The van der Waals surface area contributed by atoms with E-state index in [2.05, 4.69) is 71.6 Å². The minimum Gasteiger partial charge on any atom is -0.376 e. The van der Waals surface area contributed by atoms with Crippen LogP contribution in [0, 0.1) is 0 Å². The Hall–Kier alpha value is -1.63. The Morgan fingerprint density at radius 2 is 1.94 bits per heavy atom. The summed E-state index contributed by atoms with van der Waals surface area (Å²) in [6, 6.07) is 10.9. The van der Waals surface area contributed by atoms with Gasteiger partial charge in [-0.05, 0) is 58.4 Å². The average Bonchev–Trinajstić information content (AvgIpc) is 2.80. The van der Waals surface area contributed by atoms with E-state index in [-0.39, 0.29) is 5.54 Å². The first-order chi connectivity index (χ1) is 15.0. The molecule has 0 spiro atoms. The predicted octanol–water partition coefficient (Wildman–Crippen LogP) is 3.74. The molecular formula is C25H42N4O2. The summed E-state index contributed by atoms with van der Waals surface area (Å²) in [5.74, 6) is 0.983. The van der Waals surface area contributed by atoms with Crippen LogP contribution in [-0.2, 0) is 9.47 Å². The van der Waals surface area contributed by atoms with E-state index in [1.807, 2.05) is 7.05 Å². The molecule has 2 heterocycles. The Morgan fingerprint density at radius 1 is 1.19 bits per heavy atom. The minimum atomic E-state index is -0.0629. The van der Waals surface area contributed by atoms with Crippen LogP contribution in [0.5, 0.6) is 0 Å². The molecule has 0 aromatic heterocycles. The van der Waals surface area contributed by atoms with Crippen molar-refractivity contribution in [1.82, 2.24) is 15.5 Å². The van der Waals surface area contributed by atoms with Gasteiger partial charge in [-0.3, -0.25) is 4.99 Å². The van der Waals surface area contributed by atoms with Gasteiger partial charge in [0.15, 0.2) is 5.96 Å². The topological polar surface area (TPSA) is 58.1 Å². The molecule has 2 aliphatic rings. The Kier molecular flexibility index (Phi) is 9.17. The molecule has 174 valence electrons. The first-order valence-electron chi connectivity index (χ1n) is 12.0. The third kappa shape index (κ3) is 7.78. The van der Waals surface area contributed by atoms with Crippen LogP contribution in [0.25, 0.3) is 0 Å². The molecule has 6 nitrogen and oxygen atoms in total. The number of likely N-dealkylation sites (tertiary alicyclic amines) is 1. The number of nitrogens with zero attached hydrogens (tertiary/aromatic N) is 2. The summed E-state index contributed by atoms with van der Waals surface area (Å²) in [5.41, 5.74) is 1.24. The van der Waals surface area contributed by atoms with Crippen LogP contribution < -0.4 is 10.6 Å². The molecule has 2 unspecified atom stereocenters. The zero-order valence-electron chi connectivity index (χ0n) is 19.9. The average molecular weight is 431 g/mol. The summed E-state index contributed by atoms with van der Waals surface area (Å²) in [6.07, 6.45) is 6.32. The molecule has 2 N–H and O–H groups in total. The SMILES string of the molecule is CN=C(NCC(C)(C)NC(C)c1ccccc1)N1CCC(OCC2CCCCO2)CC1. The Balaban J connectivity index is 1.39. The van der Waals surface area contributed by atoms with Crippen LogP contribution in [0.15, 0.2) is 35.3 Å². The molecule has 0 bridgehead atoms. The summed E-state index contributed by atoms with van der Waals surface area (Å²) >= 11 is 0. The number of rotatable bonds is 8. The third-order valence-electron chi connectivity index (χ3n) is 6.34. The molecule has 0 radical (unpaired) electrons. The second-order valence-electron chi connectivity index (χ2n) is 9.57. The van der Waals surface area contributed by atoms with Crippen LogP contribution >= 0.6 is 0 Å². The standard InChI is InChI=1S/C25H42N4O2/c1-20(21-10-6-5-7-11-21)28-25(2,3)19-27-24(26-4)29-15-13-22(14-16-29)31-18-23-12-8-9-17-30-23/h5-7,10-11,20,22-23,28H,8-9,12-19H2,1-4H3,(H,26,27). The van der Waals surface area contributed by atoms with Crippen LogP contribution in [-0.4, -0.2) is 68.5 Å². The maximum Gasteiger partial charge on any atom is 0.193 e. The van der Waals surface area contributed by atoms with Crippen LogP contribution in [0.2, 0.25) is 0 Å². The largest absolute Gasteiger partial charge is 0.376 e. The number of guanidine groups is 1. The van der Waals surface area contributed by atoms with Crippen LogP contribution in [0.3, 0.4) is 0 Å². The molecule has 6 heteroatoms. The van der Waals surface area contributed by atoms with Crippen molar-refractivity contribution >= 4 is 5.96 Å². The predicted molar refractivity (Wildman–Crippen MR) is 128 cm³/mol. The fraction of sp³-hybridized carbons (Fsp3) is 0.720. The van der Waals surface area contributed by atoms with Gasteiger partial charge in [0, 0.05) is 44.9 Å². The van der Waals surface area contributed by atoms with Gasteiger partial charge < -0.3 is 25.0 Å². The van der Waals surface area contributed by atoms with Gasteiger partial charge in [0.1, 0.15) is 0 Å². The number of benzene rings is 1. The fourth-order valence-electron chi connectivity index (χ4n) is 4.51. The van der Waals surface area contributed by atoms with E-state index in [0.717, 1.165) is 58.1 Å². The molecule has 2 atom stereocenters. The van der Waals surface area contributed by atoms with Crippen molar-refractivity contribution in [3.8, 4) is 0 Å². The molecule has 2 saturated heterocycles. The summed E-state index contributed by atoms with van der Waals surface area (Å²) < 4.78 is 12.0. The van der Waals surface area contributed by atoms with Crippen molar-refractivity contribution in [3.05, 3.63) is 35.9 Å². The highest BCUT2D eigenvalue weighted by molar-refractivity contribution is 5.80. The van der Waals surface area contributed by atoms with E-state index in [1.54, 1.807) is 0 Å². The van der Waals surface area contributed by atoms with Gasteiger partial charge in [0.05, 0.1) is 18.8 Å². The van der Waals surface area contributed by atoms with E-state index in [1.165, 1.54) is 18.4 Å². The van der Waals surface area contributed by atoms with Gasteiger partial charge in [0.2, 0.25) is 0 Å². The van der Waals surface area contributed by atoms with Crippen molar-refractivity contribution in [2.75, 3.05) is 39.9 Å². The molecule has 3 rings (SSSR count). The maximum atomic E-state index is 6.16. The zero-order chi connectivity index (χ0) is 22.1. The van der Waals surface area contributed by atoms with Gasteiger partial charge in [0.25, 0.3) is 0 Å². The molecule has 1 aromatic rings. The highest BCUT2D eigenvalue weighted by Gasteiger charge is 2.26. The van der Waals surface area contributed by atoms with Gasteiger partial charge in [-0.1, -0.05) is 30.3 Å². The number of hydrogen-bond acceptors (Lipinski definition) is 4. The monoisotopic (exact) mass is 430 g/mol. The molecule has 2 fully saturated rings. The maximum absolute atomic E-state index is 6.16. The summed E-state index contributed by atoms with van der Waals surface area (Å²) in [6.45, 7) is 11.1. The van der Waals surface area contributed by atoms with E-state index in [4.69, 9.17) is 9.47 Å². The summed E-state index contributed by atoms with van der Waals surface area (Å²) in [4.78, 5) is 6.89. The van der Waals surface area contributed by atoms with Gasteiger partial charge in [-0.25, -0.2) is 0 Å².